The third-order valence-electron chi connectivity index (χ3n) is 7.76. The molecule has 0 radical (unpaired) electrons. The van der Waals surface area contributed by atoms with Crippen LogP contribution >= 0.6 is 0 Å². The van der Waals surface area contributed by atoms with Crippen molar-refractivity contribution in [3.05, 3.63) is 36.0 Å². The van der Waals surface area contributed by atoms with Gasteiger partial charge in [-0.3, -0.25) is 9.59 Å². The third-order valence-corrected chi connectivity index (χ3v) is 7.76. The van der Waals surface area contributed by atoms with Crippen LogP contribution in [-0.2, 0) is 19.1 Å². The maximum absolute atomic E-state index is 12.6. The molecule has 1 rings (SSSR count). The summed E-state index contributed by atoms with van der Waals surface area (Å²) in [6.07, 6.45) is 6.99. The Balaban J connectivity index is 3.07. The van der Waals surface area contributed by atoms with E-state index in [1.165, 1.54) is 6.92 Å². The Morgan fingerprint density at radius 2 is 1.87 bits per heavy atom. The number of esters is 2. The van der Waals surface area contributed by atoms with Crippen molar-refractivity contribution in [1.29, 1.82) is 0 Å². The number of carbonyl (C=O) groups excluding carboxylic acids is 2. The zero-order valence-electron chi connectivity index (χ0n) is 25.0. The Bertz CT molecular complexity index is 861. The molecule has 0 saturated carbocycles. The van der Waals surface area contributed by atoms with Gasteiger partial charge in [0, 0.05) is 18.8 Å². The quantitative estimate of drug-likeness (QED) is 0.180. The average molecular weight is 553 g/mol. The molecular weight excluding hydrogens is 500 g/mol. The summed E-state index contributed by atoms with van der Waals surface area (Å²) in [4.78, 5) is 24.3. The molecule has 0 aromatic rings. The highest BCUT2D eigenvalue weighted by molar-refractivity contribution is 5.70. The molecule has 0 aromatic heterocycles. The molecule has 1 heterocycles. The normalized spacial score (nSPS) is 31.4. The van der Waals surface area contributed by atoms with Crippen molar-refractivity contribution >= 4 is 11.9 Å². The van der Waals surface area contributed by atoms with Gasteiger partial charge >= 0.3 is 11.9 Å². The Kier molecular flexibility index (Phi) is 14.6. The molecule has 10 atom stereocenters. The Hall–Kier alpha value is -2.00. The number of allylic oxidation sites excluding steroid dienone is 3. The van der Waals surface area contributed by atoms with Crippen molar-refractivity contribution in [2.75, 3.05) is 0 Å². The van der Waals surface area contributed by atoms with Gasteiger partial charge in [0.2, 0.25) is 0 Å². The van der Waals surface area contributed by atoms with Crippen molar-refractivity contribution < 1.29 is 39.5 Å². The Labute approximate surface area is 234 Å². The predicted octanol–water partition coefficient (Wildman–Crippen LogP) is 4.25. The SMILES string of the molecule is CCC(O)C(C)C(O)C(C)CC(C)C=CC=C(C)C1OC(=O)CC(O)CCC(C)(O)C(OC(C)=O)C=CC1C. The van der Waals surface area contributed by atoms with Gasteiger partial charge in [0.25, 0.3) is 0 Å². The lowest BCUT2D eigenvalue weighted by Gasteiger charge is -2.32. The second-order valence-electron chi connectivity index (χ2n) is 11.7. The van der Waals surface area contributed by atoms with Gasteiger partial charge in [0.1, 0.15) is 17.8 Å². The second kappa shape index (κ2) is 16.3. The zero-order valence-corrected chi connectivity index (χ0v) is 25.0. The maximum atomic E-state index is 12.6. The molecule has 0 bridgehead atoms. The molecular formula is C31H52O8. The van der Waals surface area contributed by atoms with Crippen LogP contribution in [0.25, 0.3) is 0 Å². The van der Waals surface area contributed by atoms with Crippen molar-refractivity contribution in [1.82, 2.24) is 0 Å². The van der Waals surface area contributed by atoms with Gasteiger partial charge in [0.05, 0.1) is 24.7 Å². The summed E-state index contributed by atoms with van der Waals surface area (Å²) in [6, 6.07) is 0. The monoisotopic (exact) mass is 552 g/mol. The first kappa shape index (κ1) is 35.0. The van der Waals surface area contributed by atoms with E-state index in [2.05, 4.69) is 6.92 Å². The van der Waals surface area contributed by atoms with E-state index >= 15 is 0 Å². The third kappa shape index (κ3) is 12.0. The minimum atomic E-state index is -1.41. The summed E-state index contributed by atoms with van der Waals surface area (Å²) < 4.78 is 11.1. The van der Waals surface area contributed by atoms with Gasteiger partial charge in [-0.15, -0.1) is 0 Å². The van der Waals surface area contributed by atoms with Crippen molar-refractivity contribution in [3.8, 4) is 0 Å². The Morgan fingerprint density at radius 1 is 1.23 bits per heavy atom. The van der Waals surface area contributed by atoms with Crippen molar-refractivity contribution in [3.63, 3.8) is 0 Å². The summed E-state index contributed by atoms with van der Waals surface area (Å²) >= 11 is 0. The van der Waals surface area contributed by atoms with Gasteiger partial charge in [-0.1, -0.05) is 58.9 Å². The fourth-order valence-electron chi connectivity index (χ4n) is 5.04. The summed E-state index contributed by atoms with van der Waals surface area (Å²) in [7, 11) is 0. The van der Waals surface area contributed by atoms with Crippen LogP contribution in [0.4, 0.5) is 0 Å². The summed E-state index contributed by atoms with van der Waals surface area (Å²) in [5.74, 6) is -1.37. The largest absolute Gasteiger partial charge is 0.457 e. The molecule has 1 aliphatic rings. The Morgan fingerprint density at radius 3 is 2.46 bits per heavy atom. The molecule has 8 heteroatoms. The lowest BCUT2D eigenvalue weighted by molar-refractivity contribution is -0.157. The van der Waals surface area contributed by atoms with Gasteiger partial charge in [-0.2, -0.15) is 0 Å². The van der Waals surface area contributed by atoms with E-state index in [0.29, 0.717) is 6.42 Å². The number of ether oxygens (including phenoxy) is 2. The molecule has 39 heavy (non-hydrogen) atoms. The number of hydrogen-bond donors (Lipinski definition) is 4. The number of aliphatic hydroxyl groups is 4. The molecule has 0 aromatic carbocycles. The fraction of sp³-hybridized carbons (Fsp3) is 0.742. The van der Waals surface area contributed by atoms with E-state index in [-0.39, 0.29) is 42.9 Å². The van der Waals surface area contributed by atoms with E-state index in [4.69, 9.17) is 9.47 Å². The number of carbonyl (C=O) groups is 2. The molecule has 10 unspecified atom stereocenters. The first-order valence-corrected chi connectivity index (χ1v) is 14.3. The lowest BCUT2D eigenvalue weighted by atomic mass is 9.83. The van der Waals surface area contributed by atoms with Crippen LogP contribution in [0.15, 0.2) is 36.0 Å². The van der Waals surface area contributed by atoms with E-state index < -0.39 is 48.1 Å². The second-order valence-corrected chi connectivity index (χ2v) is 11.7. The van der Waals surface area contributed by atoms with Gasteiger partial charge < -0.3 is 29.9 Å². The number of cyclic esters (lactones) is 1. The molecule has 0 aliphatic carbocycles. The lowest BCUT2D eigenvalue weighted by Crippen LogP contribution is -2.42. The maximum Gasteiger partial charge on any atom is 0.309 e. The van der Waals surface area contributed by atoms with Crippen LogP contribution in [-0.4, -0.2) is 68.5 Å². The number of aliphatic hydroxyl groups excluding tert-OH is 3. The standard InChI is InChI=1S/C31H52O8/c1-9-26(34)23(6)29(36)22(5)17-19(2)11-10-12-20(3)30-21(4)13-14-27(38-24(7)32)31(8,37)16-15-25(33)18-28(35)39-30/h10-14,19,21-23,25-27,29-30,33-34,36-37H,9,15-18H2,1-8H3. The molecule has 0 fully saturated rings. The molecule has 0 amide bonds. The molecule has 0 spiro atoms. The first-order chi connectivity index (χ1) is 18.1. The minimum absolute atomic E-state index is 0.0113. The highest BCUT2D eigenvalue weighted by Crippen LogP contribution is 2.27. The van der Waals surface area contributed by atoms with E-state index in [9.17, 15) is 30.0 Å². The van der Waals surface area contributed by atoms with Crippen LogP contribution in [0.5, 0.6) is 0 Å². The highest BCUT2D eigenvalue weighted by Gasteiger charge is 2.35. The number of rotatable bonds is 10. The van der Waals surface area contributed by atoms with E-state index in [0.717, 1.165) is 12.0 Å². The molecule has 8 nitrogen and oxygen atoms in total. The molecule has 4 N–H and O–H groups in total. The fourth-order valence-corrected chi connectivity index (χ4v) is 5.04. The predicted molar refractivity (Wildman–Crippen MR) is 152 cm³/mol. The molecule has 1 aliphatic heterocycles. The first-order valence-electron chi connectivity index (χ1n) is 14.3. The van der Waals surface area contributed by atoms with Crippen LogP contribution in [0, 0.1) is 23.7 Å². The summed E-state index contributed by atoms with van der Waals surface area (Å²) in [6.45, 7) is 14.4. The topological polar surface area (TPSA) is 134 Å². The van der Waals surface area contributed by atoms with Crippen molar-refractivity contribution in [2.24, 2.45) is 23.7 Å². The summed E-state index contributed by atoms with van der Waals surface area (Å²) in [5, 5.41) is 42.0. The van der Waals surface area contributed by atoms with Crippen molar-refractivity contribution in [2.45, 2.75) is 124 Å². The smallest absolute Gasteiger partial charge is 0.309 e. The number of hydrogen-bond acceptors (Lipinski definition) is 8. The average Bonchev–Trinajstić information content (AvgIpc) is 2.85. The van der Waals surface area contributed by atoms with Gasteiger partial charge in [-0.05, 0) is 63.0 Å². The minimum Gasteiger partial charge on any atom is -0.457 e. The highest BCUT2D eigenvalue weighted by atomic mass is 16.6. The summed E-state index contributed by atoms with van der Waals surface area (Å²) in [5.41, 5.74) is -0.624. The van der Waals surface area contributed by atoms with Crippen LogP contribution in [0.2, 0.25) is 0 Å². The van der Waals surface area contributed by atoms with Gasteiger partial charge in [0.15, 0.2) is 0 Å². The van der Waals surface area contributed by atoms with Gasteiger partial charge in [-0.25, -0.2) is 0 Å². The van der Waals surface area contributed by atoms with E-state index in [1.807, 2.05) is 52.8 Å². The molecule has 0 saturated heterocycles. The van der Waals surface area contributed by atoms with Crippen LogP contribution in [0.1, 0.15) is 87.5 Å². The van der Waals surface area contributed by atoms with Crippen LogP contribution < -0.4 is 0 Å². The molecule has 224 valence electrons. The zero-order chi connectivity index (χ0) is 29.9. The van der Waals surface area contributed by atoms with Crippen LogP contribution in [0.3, 0.4) is 0 Å². The van der Waals surface area contributed by atoms with E-state index in [1.54, 1.807) is 19.1 Å².